The maximum Gasteiger partial charge on any atom is 0.258 e. The van der Waals surface area contributed by atoms with Crippen LogP contribution in [0.4, 0.5) is 0 Å². The SMILES string of the molecule is CCc1c(C(=O)N2CC[NH+](C)CC2)c(C)nn1-c1ccccc1Cl. The van der Waals surface area contributed by atoms with Crippen molar-refractivity contribution in [3.63, 3.8) is 0 Å². The number of benzene rings is 1. The molecule has 3 rings (SSSR count). The number of para-hydroxylation sites is 1. The summed E-state index contributed by atoms with van der Waals surface area (Å²) in [5, 5.41) is 5.26. The van der Waals surface area contributed by atoms with E-state index in [9.17, 15) is 4.79 Å². The van der Waals surface area contributed by atoms with Crippen LogP contribution < -0.4 is 4.90 Å². The molecule has 0 radical (unpaired) electrons. The van der Waals surface area contributed by atoms with E-state index in [2.05, 4.69) is 19.1 Å². The Labute approximate surface area is 147 Å². The van der Waals surface area contributed by atoms with Gasteiger partial charge in [-0.25, -0.2) is 4.68 Å². The van der Waals surface area contributed by atoms with Crippen LogP contribution in [0.2, 0.25) is 5.02 Å². The summed E-state index contributed by atoms with van der Waals surface area (Å²) >= 11 is 6.33. The summed E-state index contributed by atoms with van der Waals surface area (Å²) in [6.07, 6.45) is 0.728. The number of piperazine rings is 1. The van der Waals surface area contributed by atoms with Gasteiger partial charge >= 0.3 is 0 Å². The van der Waals surface area contributed by atoms with E-state index in [1.54, 1.807) is 0 Å². The van der Waals surface area contributed by atoms with Crippen LogP contribution in [0.1, 0.15) is 28.7 Å². The lowest BCUT2D eigenvalue weighted by molar-refractivity contribution is -0.883. The minimum absolute atomic E-state index is 0.0927. The molecule has 1 N–H and O–H groups in total. The van der Waals surface area contributed by atoms with Crippen LogP contribution in [0.15, 0.2) is 24.3 Å². The lowest BCUT2D eigenvalue weighted by Gasteiger charge is -2.30. The zero-order valence-electron chi connectivity index (χ0n) is 14.5. The number of likely N-dealkylation sites (N-methyl/N-ethyl adjacent to an activating group) is 1. The second kappa shape index (κ2) is 6.95. The standard InChI is InChI=1S/C18H23ClN4O/c1-4-15-17(18(24)22-11-9-21(3)10-12-22)13(2)20-23(15)16-8-6-5-7-14(16)19/h5-8H,4,9-12H2,1-3H3/p+1. The van der Waals surface area contributed by atoms with Gasteiger partial charge in [0.1, 0.15) is 0 Å². The van der Waals surface area contributed by atoms with Crippen molar-refractivity contribution in [1.82, 2.24) is 14.7 Å². The van der Waals surface area contributed by atoms with Crippen LogP contribution >= 0.6 is 11.6 Å². The van der Waals surface area contributed by atoms with Crippen molar-refractivity contribution < 1.29 is 9.69 Å². The number of quaternary nitrogens is 1. The molecule has 0 spiro atoms. The van der Waals surface area contributed by atoms with Crippen molar-refractivity contribution in [2.75, 3.05) is 33.2 Å². The Morgan fingerprint density at radius 2 is 1.96 bits per heavy atom. The molecule has 1 aromatic heterocycles. The minimum atomic E-state index is 0.0927. The number of hydrogen-bond acceptors (Lipinski definition) is 2. The number of amides is 1. The van der Waals surface area contributed by atoms with Crippen LogP contribution in [-0.2, 0) is 6.42 Å². The largest absolute Gasteiger partial charge is 0.334 e. The monoisotopic (exact) mass is 347 g/mol. The van der Waals surface area contributed by atoms with Crippen LogP contribution in [0.3, 0.4) is 0 Å². The molecule has 0 aliphatic carbocycles. The zero-order valence-corrected chi connectivity index (χ0v) is 15.2. The molecule has 0 bridgehead atoms. The maximum absolute atomic E-state index is 13.1. The number of aromatic nitrogens is 2. The molecule has 1 saturated heterocycles. The third-order valence-electron chi connectivity index (χ3n) is 4.69. The quantitative estimate of drug-likeness (QED) is 0.911. The summed E-state index contributed by atoms with van der Waals surface area (Å²) in [7, 11) is 2.17. The predicted octanol–water partition coefficient (Wildman–Crippen LogP) is 1.37. The normalized spacial score (nSPS) is 15.8. The first-order valence-corrected chi connectivity index (χ1v) is 8.84. The van der Waals surface area contributed by atoms with Gasteiger partial charge in [-0.2, -0.15) is 5.10 Å². The fourth-order valence-electron chi connectivity index (χ4n) is 3.25. The average molecular weight is 348 g/mol. The molecule has 1 aliphatic heterocycles. The number of halogens is 1. The molecule has 1 amide bonds. The van der Waals surface area contributed by atoms with Gasteiger partial charge in [0.15, 0.2) is 0 Å². The van der Waals surface area contributed by atoms with E-state index >= 15 is 0 Å². The minimum Gasteiger partial charge on any atom is -0.334 e. The third-order valence-corrected chi connectivity index (χ3v) is 5.01. The molecule has 5 nitrogen and oxygen atoms in total. The smallest absolute Gasteiger partial charge is 0.258 e. The predicted molar refractivity (Wildman–Crippen MR) is 95.2 cm³/mol. The zero-order chi connectivity index (χ0) is 17.3. The van der Waals surface area contributed by atoms with Gasteiger partial charge in [0, 0.05) is 0 Å². The van der Waals surface area contributed by atoms with Crippen molar-refractivity contribution in [3.05, 3.63) is 46.2 Å². The number of nitrogens with one attached hydrogen (secondary N) is 1. The van der Waals surface area contributed by atoms with Gasteiger partial charge in [-0.3, -0.25) is 4.79 Å². The van der Waals surface area contributed by atoms with Crippen molar-refractivity contribution in [2.24, 2.45) is 0 Å². The molecular formula is C18H24ClN4O+. The Balaban J connectivity index is 2.00. The van der Waals surface area contributed by atoms with Crippen LogP contribution in [0, 0.1) is 6.92 Å². The van der Waals surface area contributed by atoms with E-state index in [0.29, 0.717) is 5.02 Å². The molecule has 0 atom stereocenters. The van der Waals surface area contributed by atoms with Gasteiger partial charge < -0.3 is 9.80 Å². The Morgan fingerprint density at radius 3 is 2.58 bits per heavy atom. The van der Waals surface area contributed by atoms with Gasteiger partial charge in [-0.05, 0) is 25.5 Å². The lowest BCUT2D eigenvalue weighted by atomic mass is 10.1. The average Bonchev–Trinajstić information content (AvgIpc) is 2.91. The van der Waals surface area contributed by atoms with Gasteiger partial charge in [0.05, 0.1) is 60.9 Å². The summed E-state index contributed by atoms with van der Waals surface area (Å²) in [4.78, 5) is 16.5. The molecule has 1 fully saturated rings. The molecule has 2 aromatic rings. The van der Waals surface area contributed by atoms with E-state index in [4.69, 9.17) is 11.6 Å². The van der Waals surface area contributed by atoms with Crippen LogP contribution in [0.25, 0.3) is 5.69 Å². The molecule has 6 heteroatoms. The van der Waals surface area contributed by atoms with Crippen molar-refractivity contribution in [1.29, 1.82) is 0 Å². The summed E-state index contributed by atoms with van der Waals surface area (Å²) in [6, 6.07) is 7.61. The van der Waals surface area contributed by atoms with Crippen LogP contribution in [0.5, 0.6) is 0 Å². The van der Waals surface area contributed by atoms with Gasteiger partial charge in [0.25, 0.3) is 5.91 Å². The first-order chi connectivity index (χ1) is 11.5. The summed E-state index contributed by atoms with van der Waals surface area (Å²) in [6.45, 7) is 7.53. The third kappa shape index (κ3) is 3.06. The van der Waals surface area contributed by atoms with Crippen molar-refractivity contribution >= 4 is 17.5 Å². The molecule has 24 heavy (non-hydrogen) atoms. The molecule has 2 heterocycles. The number of carbonyl (C=O) groups excluding carboxylic acids is 1. The topological polar surface area (TPSA) is 42.6 Å². The van der Waals surface area contributed by atoms with E-state index < -0.39 is 0 Å². The lowest BCUT2D eigenvalue weighted by Crippen LogP contribution is -3.12. The highest BCUT2D eigenvalue weighted by molar-refractivity contribution is 6.32. The summed E-state index contributed by atoms with van der Waals surface area (Å²) < 4.78 is 1.83. The maximum atomic E-state index is 13.1. The number of hydrogen-bond donors (Lipinski definition) is 1. The van der Waals surface area contributed by atoms with E-state index in [1.807, 2.05) is 40.8 Å². The Bertz CT molecular complexity index is 747. The highest BCUT2D eigenvalue weighted by Gasteiger charge is 2.28. The van der Waals surface area contributed by atoms with Crippen molar-refractivity contribution in [2.45, 2.75) is 20.3 Å². The second-order valence-electron chi connectivity index (χ2n) is 6.37. The molecule has 1 aliphatic rings. The van der Waals surface area contributed by atoms with Gasteiger partial charge in [0.2, 0.25) is 0 Å². The van der Waals surface area contributed by atoms with Crippen molar-refractivity contribution in [3.8, 4) is 5.69 Å². The Morgan fingerprint density at radius 1 is 1.29 bits per heavy atom. The van der Waals surface area contributed by atoms with Gasteiger partial charge in [-0.15, -0.1) is 0 Å². The highest BCUT2D eigenvalue weighted by atomic mass is 35.5. The molecular weight excluding hydrogens is 324 g/mol. The number of aryl methyl sites for hydroxylation is 1. The van der Waals surface area contributed by atoms with Crippen LogP contribution in [-0.4, -0.2) is 53.8 Å². The van der Waals surface area contributed by atoms with E-state index in [0.717, 1.165) is 55.2 Å². The fourth-order valence-corrected chi connectivity index (χ4v) is 3.47. The van der Waals surface area contributed by atoms with E-state index in [-0.39, 0.29) is 5.91 Å². The molecule has 0 saturated carbocycles. The highest BCUT2D eigenvalue weighted by Crippen LogP contribution is 2.25. The number of nitrogens with zero attached hydrogens (tertiary/aromatic N) is 3. The Hall–Kier alpha value is -1.85. The molecule has 128 valence electrons. The first kappa shape index (κ1) is 17.0. The Kier molecular flexibility index (Phi) is 4.92. The first-order valence-electron chi connectivity index (χ1n) is 8.47. The van der Waals surface area contributed by atoms with E-state index in [1.165, 1.54) is 4.90 Å². The molecule has 0 unspecified atom stereocenters. The number of carbonyl (C=O) groups is 1. The number of rotatable bonds is 3. The summed E-state index contributed by atoms with van der Waals surface area (Å²) in [5.74, 6) is 0.0927. The fraction of sp³-hybridized carbons (Fsp3) is 0.444. The van der Waals surface area contributed by atoms with Gasteiger partial charge in [-0.1, -0.05) is 30.7 Å². The summed E-state index contributed by atoms with van der Waals surface area (Å²) in [5.41, 5.74) is 3.25. The second-order valence-corrected chi connectivity index (χ2v) is 6.78. The molecule has 1 aromatic carbocycles.